The minimum absolute atomic E-state index is 0.00406. The Morgan fingerprint density at radius 3 is 2.59 bits per heavy atom. The van der Waals surface area contributed by atoms with Gasteiger partial charge >= 0.3 is 0 Å². The Balaban J connectivity index is 1.39. The highest BCUT2D eigenvalue weighted by molar-refractivity contribution is 6.13. The molecule has 2 heterocycles. The molecular weight excluding hydrogens is 360 g/mol. The van der Waals surface area contributed by atoms with Crippen molar-refractivity contribution < 1.29 is 4.79 Å². The summed E-state index contributed by atoms with van der Waals surface area (Å²) >= 11 is 0. The van der Waals surface area contributed by atoms with Crippen molar-refractivity contribution in [3.05, 3.63) is 53.6 Å². The van der Waals surface area contributed by atoms with Gasteiger partial charge in [0.25, 0.3) is 0 Å². The van der Waals surface area contributed by atoms with E-state index in [0.29, 0.717) is 0 Å². The van der Waals surface area contributed by atoms with E-state index in [1.807, 2.05) is 37.3 Å². The summed E-state index contributed by atoms with van der Waals surface area (Å²) in [7, 11) is 0. The lowest BCUT2D eigenvalue weighted by molar-refractivity contribution is -0.115. The third-order valence-electron chi connectivity index (χ3n) is 5.96. The lowest BCUT2D eigenvalue weighted by Gasteiger charge is -2.36. The Morgan fingerprint density at radius 2 is 1.86 bits per heavy atom. The lowest BCUT2D eigenvalue weighted by Crippen LogP contribution is -2.46. The number of amides is 1. The predicted molar refractivity (Wildman–Crippen MR) is 121 cm³/mol. The molecule has 1 amide bonds. The van der Waals surface area contributed by atoms with Crippen LogP contribution in [-0.4, -0.2) is 49.7 Å². The second kappa shape index (κ2) is 8.78. The highest BCUT2D eigenvalue weighted by Crippen LogP contribution is 2.34. The maximum Gasteiger partial charge on any atom is 0.237 e. The third kappa shape index (κ3) is 4.35. The molecule has 2 aromatic rings. The summed E-state index contributed by atoms with van der Waals surface area (Å²) in [4.78, 5) is 21.9. The molecule has 1 N–H and O–H groups in total. The molecule has 2 aliphatic heterocycles. The molecule has 0 bridgehead atoms. The van der Waals surface area contributed by atoms with Crippen LogP contribution < -0.4 is 10.2 Å². The van der Waals surface area contributed by atoms with Crippen LogP contribution in [-0.2, 0) is 4.79 Å². The number of aryl methyl sites for hydroxylation is 1. The molecule has 1 saturated heterocycles. The van der Waals surface area contributed by atoms with Crippen LogP contribution in [0.5, 0.6) is 0 Å². The van der Waals surface area contributed by atoms with E-state index in [1.54, 1.807) is 6.21 Å². The molecule has 2 aromatic carbocycles. The molecule has 1 unspecified atom stereocenters. The molecule has 0 saturated carbocycles. The van der Waals surface area contributed by atoms with Gasteiger partial charge in [0.1, 0.15) is 5.92 Å². The predicted octanol–water partition coefficient (Wildman–Crippen LogP) is 4.36. The van der Waals surface area contributed by atoms with Gasteiger partial charge in [0, 0.05) is 43.8 Å². The first-order valence-corrected chi connectivity index (χ1v) is 10.7. The van der Waals surface area contributed by atoms with Crippen LogP contribution in [0.15, 0.2) is 47.5 Å². The highest BCUT2D eigenvalue weighted by atomic mass is 16.2. The minimum atomic E-state index is -0.318. The van der Waals surface area contributed by atoms with Crippen molar-refractivity contribution in [1.29, 1.82) is 0 Å². The molecule has 5 heteroatoms. The van der Waals surface area contributed by atoms with E-state index in [9.17, 15) is 4.79 Å². The number of fused-ring (bicyclic) bond motifs is 1. The number of hydrogen-bond acceptors (Lipinski definition) is 4. The molecule has 152 valence electrons. The Bertz CT molecular complexity index is 882. The standard InChI is InChI=1S/C24H30N4O/c1-3-4-12-27-13-15-28(16-14-27)20-10-8-19(9-11-20)25-17-21-23-18(2)6-5-7-22(23)26-24(21)29/h5-11,17,21H,3-4,12-16H2,1-2H3,(H,26,29). The van der Waals surface area contributed by atoms with Gasteiger partial charge in [-0.3, -0.25) is 14.7 Å². The van der Waals surface area contributed by atoms with Crippen LogP contribution in [0.4, 0.5) is 17.1 Å². The summed E-state index contributed by atoms with van der Waals surface area (Å²) in [6.45, 7) is 9.92. The molecule has 1 fully saturated rings. The smallest absolute Gasteiger partial charge is 0.237 e. The van der Waals surface area contributed by atoms with Gasteiger partial charge in [0.2, 0.25) is 5.91 Å². The SMILES string of the molecule is CCCCN1CCN(c2ccc(N=CC3C(=O)Nc4cccc(C)c43)cc2)CC1. The Hall–Kier alpha value is -2.66. The van der Waals surface area contributed by atoms with E-state index in [0.717, 1.165) is 48.7 Å². The van der Waals surface area contributed by atoms with Crippen molar-refractivity contribution >= 4 is 29.2 Å². The number of rotatable bonds is 6. The van der Waals surface area contributed by atoms with Gasteiger partial charge in [0.05, 0.1) is 5.69 Å². The second-order valence-electron chi connectivity index (χ2n) is 7.98. The molecule has 29 heavy (non-hydrogen) atoms. The lowest BCUT2D eigenvalue weighted by atomic mass is 9.97. The molecule has 2 aliphatic rings. The fourth-order valence-electron chi connectivity index (χ4n) is 4.21. The number of carbonyl (C=O) groups is 1. The Morgan fingerprint density at radius 1 is 1.10 bits per heavy atom. The van der Waals surface area contributed by atoms with Crippen molar-refractivity contribution in [2.75, 3.05) is 42.9 Å². The molecular formula is C24H30N4O. The van der Waals surface area contributed by atoms with E-state index in [2.05, 4.69) is 39.2 Å². The summed E-state index contributed by atoms with van der Waals surface area (Å²) in [5.41, 5.74) is 5.19. The average Bonchev–Trinajstić information content (AvgIpc) is 3.08. The van der Waals surface area contributed by atoms with Crippen molar-refractivity contribution in [2.45, 2.75) is 32.6 Å². The van der Waals surface area contributed by atoms with E-state index >= 15 is 0 Å². The minimum Gasteiger partial charge on any atom is -0.369 e. The van der Waals surface area contributed by atoms with E-state index in [-0.39, 0.29) is 11.8 Å². The first kappa shape index (κ1) is 19.6. The van der Waals surface area contributed by atoms with Crippen molar-refractivity contribution in [1.82, 2.24) is 4.90 Å². The number of carbonyl (C=O) groups excluding carboxylic acids is 1. The van der Waals surface area contributed by atoms with Crippen molar-refractivity contribution in [2.24, 2.45) is 4.99 Å². The maximum absolute atomic E-state index is 12.3. The van der Waals surface area contributed by atoms with Crippen LogP contribution in [0, 0.1) is 6.92 Å². The van der Waals surface area contributed by atoms with Crippen molar-refractivity contribution in [3.63, 3.8) is 0 Å². The maximum atomic E-state index is 12.3. The number of hydrogen-bond donors (Lipinski definition) is 1. The van der Waals surface area contributed by atoms with Crippen LogP contribution in [0.1, 0.15) is 36.8 Å². The average molecular weight is 391 g/mol. The third-order valence-corrected chi connectivity index (χ3v) is 5.96. The topological polar surface area (TPSA) is 47.9 Å². The first-order valence-electron chi connectivity index (χ1n) is 10.7. The molecule has 4 rings (SSSR count). The summed E-state index contributed by atoms with van der Waals surface area (Å²) in [5.74, 6) is -0.322. The summed E-state index contributed by atoms with van der Waals surface area (Å²) in [6, 6.07) is 14.3. The number of unbranched alkanes of at least 4 members (excludes halogenated alkanes) is 1. The Labute approximate surface area is 173 Å². The zero-order valence-electron chi connectivity index (χ0n) is 17.4. The number of nitrogens with zero attached hydrogens (tertiary/aromatic N) is 3. The Kier molecular flexibility index (Phi) is 5.95. The number of benzene rings is 2. The van der Waals surface area contributed by atoms with Gasteiger partial charge in [-0.25, -0.2) is 0 Å². The summed E-state index contributed by atoms with van der Waals surface area (Å²) in [6.07, 6.45) is 4.32. The molecule has 5 nitrogen and oxygen atoms in total. The second-order valence-corrected chi connectivity index (χ2v) is 7.98. The van der Waals surface area contributed by atoms with E-state index in [1.165, 1.54) is 25.1 Å². The van der Waals surface area contributed by atoms with Gasteiger partial charge in [-0.15, -0.1) is 0 Å². The van der Waals surface area contributed by atoms with Gasteiger partial charge in [0.15, 0.2) is 0 Å². The summed E-state index contributed by atoms with van der Waals surface area (Å²) in [5, 5.41) is 2.95. The number of nitrogens with one attached hydrogen (secondary N) is 1. The number of anilines is 2. The van der Waals surface area contributed by atoms with E-state index < -0.39 is 0 Å². The molecule has 0 aliphatic carbocycles. The quantitative estimate of drug-likeness (QED) is 0.746. The zero-order valence-corrected chi connectivity index (χ0v) is 17.4. The zero-order chi connectivity index (χ0) is 20.2. The number of aliphatic imine (C=N–C) groups is 1. The van der Waals surface area contributed by atoms with Crippen LogP contribution >= 0.6 is 0 Å². The van der Waals surface area contributed by atoms with Gasteiger partial charge in [-0.05, 0) is 61.3 Å². The normalized spacial score (nSPS) is 19.6. The molecule has 0 aromatic heterocycles. The van der Waals surface area contributed by atoms with Crippen LogP contribution in [0.25, 0.3) is 0 Å². The van der Waals surface area contributed by atoms with Crippen LogP contribution in [0.2, 0.25) is 0 Å². The number of piperazine rings is 1. The fraction of sp³-hybridized carbons (Fsp3) is 0.417. The van der Waals surface area contributed by atoms with Crippen LogP contribution in [0.3, 0.4) is 0 Å². The van der Waals surface area contributed by atoms with Gasteiger partial charge in [-0.1, -0.05) is 25.5 Å². The van der Waals surface area contributed by atoms with E-state index in [4.69, 9.17) is 0 Å². The fourth-order valence-corrected chi connectivity index (χ4v) is 4.21. The molecule has 0 radical (unpaired) electrons. The highest BCUT2D eigenvalue weighted by Gasteiger charge is 2.30. The molecule has 0 spiro atoms. The monoisotopic (exact) mass is 390 g/mol. The van der Waals surface area contributed by atoms with Gasteiger partial charge < -0.3 is 10.2 Å². The molecule has 1 atom stereocenters. The largest absolute Gasteiger partial charge is 0.369 e. The first-order chi connectivity index (χ1) is 14.2. The summed E-state index contributed by atoms with van der Waals surface area (Å²) < 4.78 is 0. The van der Waals surface area contributed by atoms with Crippen molar-refractivity contribution in [3.8, 4) is 0 Å². The van der Waals surface area contributed by atoms with Gasteiger partial charge in [-0.2, -0.15) is 0 Å².